The molecule has 1 aromatic heterocycles. The van der Waals surface area contributed by atoms with Crippen LogP contribution >= 0.6 is 0 Å². The molecule has 5 nitrogen and oxygen atoms in total. The third-order valence-corrected chi connectivity index (χ3v) is 2.86. The van der Waals surface area contributed by atoms with Gasteiger partial charge in [0.25, 0.3) is 5.91 Å². The lowest BCUT2D eigenvalue weighted by atomic mass is 10.2. The first-order chi connectivity index (χ1) is 10.3. The molecule has 116 valence electrons. The summed E-state index contributed by atoms with van der Waals surface area (Å²) in [7, 11) is 0. The van der Waals surface area contributed by atoms with Crippen LogP contribution in [0.5, 0.6) is 5.75 Å². The molecule has 8 heteroatoms. The summed E-state index contributed by atoms with van der Waals surface area (Å²) in [5.41, 5.74) is 0.546. The Bertz CT molecular complexity index is 731. The molecule has 1 aromatic carbocycles. The van der Waals surface area contributed by atoms with Gasteiger partial charge in [0.05, 0.1) is 12.0 Å². The summed E-state index contributed by atoms with van der Waals surface area (Å²) in [6.07, 6.45) is -4.77. The highest BCUT2D eigenvalue weighted by molar-refractivity contribution is 5.98. The number of carbonyl (C=O) groups excluding carboxylic acids is 1. The molecular formula is C14H12F3N3O2. The molecule has 2 aromatic rings. The van der Waals surface area contributed by atoms with Gasteiger partial charge >= 0.3 is 6.36 Å². The Morgan fingerprint density at radius 2 is 2.18 bits per heavy atom. The SMILES string of the molecule is CC(C#N)CNC(=O)c1cc2ccc(OC(F)(F)F)cc2[nH]1. The van der Waals surface area contributed by atoms with Crippen LogP contribution in [-0.4, -0.2) is 23.8 Å². The van der Waals surface area contributed by atoms with Crippen LogP contribution in [0.1, 0.15) is 17.4 Å². The number of ether oxygens (including phenoxy) is 1. The standard InChI is InChI=1S/C14H12F3N3O2/c1-8(6-18)7-19-13(21)12-4-9-2-3-10(5-11(9)20-12)22-14(15,16)17/h2-5,8,20H,7H2,1H3,(H,19,21). The second kappa shape index (κ2) is 5.97. The molecule has 1 unspecified atom stereocenters. The van der Waals surface area contributed by atoms with E-state index in [-0.39, 0.29) is 23.9 Å². The highest BCUT2D eigenvalue weighted by atomic mass is 19.4. The summed E-state index contributed by atoms with van der Waals surface area (Å²) in [6.45, 7) is 1.85. The number of hydrogen-bond acceptors (Lipinski definition) is 3. The number of nitrogens with one attached hydrogen (secondary N) is 2. The monoisotopic (exact) mass is 311 g/mol. The molecule has 0 bridgehead atoms. The quantitative estimate of drug-likeness (QED) is 0.911. The molecule has 0 fully saturated rings. The van der Waals surface area contributed by atoms with Gasteiger partial charge < -0.3 is 15.0 Å². The summed E-state index contributed by atoms with van der Waals surface area (Å²) in [5, 5.41) is 11.8. The summed E-state index contributed by atoms with van der Waals surface area (Å²) >= 11 is 0. The number of rotatable bonds is 4. The number of halogens is 3. The number of amides is 1. The Labute approximate surface area is 123 Å². The van der Waals surface area contributed by atoms with Crippen molar-refractivity contribution in [2.45, 2.75) is 13.3 Å². The Hall–Kier alpha value is -2.69. The van der Waals surface area contributed by atoms with Crippen molar-refractivity contribution in [1.29, 1.82) is 5.26 Å². The number of H-pyrrole nitrogens is 1. The maximum absolute atomic E-state index is 12.2. The highest BCUT2D eigenvalue weighted by Crippen LogP contribution is 2.26. The fraction of sp³-hybridized carbons (Fsp3) is 0.286. The Kier molecular flexibility index (Phi) is 4.26. The lowest BCUT2D eigenvalue weighted by Crippen LogP contribution is -2.27. The number of carbonyl (C=O) groups is 1. The van der Waals surface area contributed by atoms with Crippen LogP contribution in [0.15, 0.2) is 24.3 Å². The fourth-order valence-corrected chi connectivity index (χ4v) is 1.81. The van der Waals surface area contributed by atoms with E-state index >= 15 is 0 Å². The molecule has 2 rings (SSSR count). The second-order valence-electron chi connectivity index (χ2n) is 4.72. The minimum atomic E-state index is -4.77. The van der Waals surface area contributed by atoms with Gasteiger partial charge in [0.1, 0.15) is 11.4 Å². The maximum Gasteiger partial charge on any atom is 0.573 e. The van der Waals surface area contributed by atoms with Crippen LogP contribution in [0.4, 0.5) is 13.2 Å². The first-order valence-corrected chi connectivity index (χ1v) is 6.35. The van der Waals surface area contributed by atoms with Crippen molar-refractivity contribution in [3.8, 4) is 11.8 Å². The maximum atomic E-state index is 12.2. The van der Waals surface area contributed by atoms with E-state index in [9.17, 15) is 18.0 Å². The number of hydrogen-bond donors (Lipinski definition) is 2. The lowest BCUT2D eigenvalue weighted by Gasteiger charge is -2.08. The lowest BCUT2D eigenvalue weighted by molar-refractivity contribution is -0.274. The summed E-state index contributed by atoms with van der Waals surface area (Å²) in [6, 6.07) is 7.24. The molecular weight excluding hydrogens is 299 g/mol. The molecule has 0 spiro atoms. The topological polar surface area (TPSA) is 77.9 Å². The Morgan fingerprint density at radius 3 is 2.82 bits per heavy atom. The molecule has 1 heterocycles. The van der Waals surface area contributed by atoms with E-state index in [1.807, 2.05) is 6.07 Å². The van der Waals surface area contributed by atoms with E-state index < -0.39 is 12.3 Å². The summed E-state index contributed by atoms with van der Waals surface area (Å²) in [4.78, 5) is 14.6. The van der Waals surface area contributed by atoms with Crippen molar-refractivity contribution in [1.82, 2.24) is 10.3 Å². The zero-order valence-corrected chi connectivity index (χ0v) is 11.5. The number of aromatic nitrogens is 1. The van der Waals surface area contributed by atoms with Gasteiger partial charge in [-0.05, 0) is 25.1 Å². The number of alkyl halides is 3. The van der Waals surface area contributed by atoms with E-state index in [1.165, 1.54) is 18.2 Å². The molecule has 0 aliphatic rings. The average molecular weight is 311 g/mol. The van der Waals surface area contributed by atoms with E-state index in [4.69, 9.17) is 5.26 Å². The molecule has 0 aliphatic carbocycles. The highest BCUT2D eigenvalue weighted by Gasteiger charge is 2.31. The molecule has 2 N–H and O–H groups in total. The molecule has 22 heavy (non-hydrogen) atoms. The van der Waals surface area contributed by atoms with Crippen molar-refractivity contribution in [3.63, 3.8) is 0 Å². The van der Waals surface area contributed by atoms with Crippen LogP contribution in [0.3, 0.4) is 0 Å². The minimum Gasteiger partial charge on any atom is -0.406 e. The second-order valence-corrected chi connectivity index (χ2v) is 4.72. The first kappa shape index (κ1) is 15.7. The molecule has 1 atom stereocenters. The van der Waals surface area contributed by atoms with Crippen LogP contribution in [-0.2, 0) is 0 Å². The smallest absolute Gasteiger partial charge is 0.406 e. The number of nitrogens with zero attached hydrogens (tertiary/aromatic N) is 1. The van der Waals surface area contributed by atoms with Crippen LogP contribution in [0.25, 0.3) is 10.9 Å². The number of aromatic amines is 1. The van der Waals surface area contributed by atoms with Gasteiger partial charge in [0.2, 0.25) is 0 Å². The van der Waals surface area contributed by atoms with Crippen molar-refractivity contribution in [2.24, 2.45) is 5.92 Å². The van der Waals surface area contributed by atoms with Gasteiger partial charge in [-0.15, -0.1) is 13.2 Å². The van der Waals surface area contributed by atoms with Gasteiger partial charge in [-0.2, -0.15) is 5.26 Å². The molecule has 1 amide bonds. The third kappa shape index (κ3) is 3.91. The van der Waals surface area contributed by atoms with Gasteiger partial charge in [-0.3, -0.25) is 4.79 Å². The summed E-state index contributed by atoms with van der Waals surface area (Å²) < 4.78 is 40.3. The first-order valence-electron chi connectivity index (χ1n) is 6.35. The fourth-order valence-electron chi connectivity index (χ4n) is 1.81. The van der Waals surface area contributed by atoms with E-state index in [0.29, 0.717) is 10.9 Å². The number of nitriles is 1. The molecule has 0 aliphatic heterocycles. The van der Waals surface area contributed by atoms with Crippen LogP contribution in [0, 0.1) is 17.2 Å². The van der Waals surface area contributed by atoms with E-state index in [1.54, 1.807) is 6.92 Å². The van der Waals surface area contributed by atoms with Crippen LogP contribution in [0.2, 0.25) is 0 Å². The molecule has 0 radical (unpaired) electrons. The Morgan fingerprint density at radius 1 is 1.45 bits per heavy atom. The molecule has 0 saturated heterocycles. The zero-order valence-electron chi connectivity index (χ0n) is 11.5. The number of benzene rings is 1. The van der Waals surface area contributed by atoms with Crippen molar-refractivity contribution in [2.75, 3.05) is 6.54 Å². The molecule has 0 saturated carbocycles. The van der Waals surface area contributed by atoms with Crippen LogP contribution < -0.4 is 10.1 Å². The van der Waals surface area contributed by atoms with Gasteiger partial charge in [0.15, 0.2) is 0 Å². The normalized spacial score (nSPS) is 12.7. The summed E-state index contributed by atoms with van der Waals surface area (Å²) in [5.74, 6) is -1.14. The minimum absolute atomic E-state index is 0.188. The van der Waals surface area contributed by atoms with Crippen molar-refractivity contribution >= 4 is 16.8 Å². The predicted molar refractivity (Wildman–Crippen MR) is 72.1 cm³/mol. The van der Waals surface area contributed by atoms with Crippen molar-refractivity contribution in [3.05, 3.63) is 30.0 Å². The third-order valence-electron chi connectivity index (χ3n) is 2.86. The van der Waals surface area contributed by atoms with Crippen molar-refractivity contribution < 1.29 is 22.7 Å². The zero-order chi connectivity index (χ0) is 16.3. The van der Waals surface area contributed by atoms with E-state index in [0.717, 1.165) is 6.07 Å². The van der Waals surface area contributed by atoms with Gasteiger partial charge in [-0.25, -0.2) is 0 Å². The van der Waals surface area contributed by atoms with Gasteiger partial charge in [0, 0.05) is 23.5 Å². The largest absolute Gasteiger partial charge is 0.573 e. The average Bonchev–Trinajstić information content (AvgIpc) is 2.85. The van der Waals surface area contributed by atoms with Gasteiger partial charge in [-0.1, -0.05) is 0 Å². The predicted octanol–water partition coefficient (Wildman–Crippen LogP) is 2.96. The number of fused-ring (bicyclic) bond motifs is 1. The Balaban J connectivity index is 2.16. The van der Waals surface area contributed by atoms with E-state index in [2.05, 4.69) is 15.0 Å².